The molecule has 2 atom stereocenters. The van der Waals surface area contributed by atoms with Crippen molar-refractivity contribution in [1.29, 1.82) is 5.26 Å². The Kier molecular flexibility index (Phi) is 14.4. The highest BCUT2D eigenvalue weighted by Crippen LogP contribution is 2.41. The van der Waals surface area contributed by atoms with E-state index in [1.54, 1.807) is 12.3 Å². The number of ether oxygens (including phenoxy) is 1. The zero-order valence-electron chi connectivity index (χ0n) is 42.2. The third-order valence-corrected chi connectivity index (χ3v) is 16.7. The maximum Gasteiger partial charge on any atom is 0.328 e. The number of nitrogens with zero attached hydrogens (tertiary/aromatic N) is 9. The van der Waals surface area contributed by atoms with Crippen LogP contribution in [0, 0.1) is 52.5 Å². The number of piperazine rings is 2. The number of fused-ring (bicyclic) bond motifs is 4. The summed E-state index contributed by atoms with van der Waals surface area (Å²) in [6.45, 7) is 8.81. The fourth-order valence-electron chi connectivity index (χ4n) is 12.7. The van der Waals surface area contributed by atoms with Crippen molar-refractivity contribution in [3.63, 3.8) is 0 Å². The molecule has 2 unspecified atom stereocenters. The molecule has 5 aromatic rings. The lowest BCUT2D eigenvalue weighted by Crippen LogP contribution is -2.51. The number of aromatic nitrogens is 3. The molecule has 5 aliphatic heterocycles. The van der Waals surface area contributed by atoms with E-state index in [0.29, 0.717) is 66.2 Å². The van der Waals surface area contributed by atoms with Crippen molar-refractivity contribution in [2.75, 3.05) is 88.4 Å². The number of pyridine rings is 1. The van der Waals surface area contributed by atoms with Crippen LogP contribution in [0.4, 0.5) is 29.5 Å². The Morgan fingerprint density at radius 2 is 1.63 bits per heavy atom. The SMILES string of the molecule is C#Cc1c(F)ccc2cc(C#N)cc(-c3ncc4c(N5CC6CCC(C5)N6)nc(OCC5(CN6CCN(CCCC7CCN(C(=O)c8ccc(F)c(N9CCC(=O)NC9=O)c8)CC7)CC6)CCCCC5)nc4c3F)c12. The van der Waals surface area contributed by atoms with Crippen LogP contribution in [0.15, 0.2) is 48.7 Å². The van der Waals surface area contributed by atoms with Crippen LogP contribution in [0.3, 0.4) is 0 Å². The number of rotatable bonds is 13. The standard InChI is InChI=1S/C57H62F3N11O4/c1-2-42-45(58)12-8-38-27-37(30-61)28-43(49(38)42)51-50(60)52-44(31-62-51)53(70-32-40-10-11-41(33-70)63-40)66-55(65-52)75-35-57(17-4-3-5-18-57)34-68-25-23-67(24-26-68)19-6-7-36-14-20-69(21-15-36)54(73)39-9-13-46(59)47(29-39)71-22-16-48(72)64-56(71)74/h1,8-9,12-13,27-29,31,36,40-41,63H,3-7,10-11,14-26,32-35H2,(H,64,72,74). The number of benzene rings is 3. The maximum atomic E-state index is 17.4. The number of carbonyl (C=O) groups excluding carboxylic acids is 3. The Morgan fingerprint density at radius 3 is 2.36 bits per heavy atom. The Hall–Kier alpha value is -6.86. The van der Waals surface area contributed by atoms with Crippen molar-refractivity contribution in [1.82, 2.24) is 40.3 Å². The van der Waals surface area contributed by atoms with Gasteiger partial charge in [-0.1, -0.05) is 31.2 Å². The van der Waals surface area contributed by atoms with Gasteiger partial charge in [-0.05, 0) is 106 Å². The van der Waals surface area contributed by atoms with E-state index < -0.39 is 29.4 Å². The zero-order chi connectivity index (χ0) is 51.8. The second kappa shape index (κ2) is 21.4. The lowest BCUT2D eigenvalue weighted by molar-refractivity contribution is -0.120. The number of imide groups is 1. The number of urea groups is 1. The van der Waals surface area contributed by atoms with Crippen LogP contribution >= 0.6 is 0 Å². The molecule has 2 N–H and O–H groups in total. The number of amides is 4. The normalized spacial score (nSPS) is 21.6. The molecule has 1 saturated carbocycles. The van der Waals surface area contributed by atoms with Crippen LogP contribution in [0.25, 0.3) is 32.9 Å². The quantitative estimate of drug-likeness (QED) is 0.110. The molecular weight excluding hydrogens is 960 g/mol. The first-order chi connectivity index (χ1) is 36.4. The highest BCUT2D eigenvalue weighted by molar-refractivity contribution is 6.06. The minimum atomic E-state index is -0.725. The molecular formula is C57H62F3N11O4. The molecule has 2 bridgehead atoms. The number of anilines is 2. The summed E-state index contributed by atoms with van der Waals surface area (Å²) >= 11 is 0. The van der Waals surface area contributed by atoms with E-state index >= 15 is 8.78 Å². The molecule has 15 nitrogen and oxygen atoms in total. The van der Waals surface area contributed by atoms with Crippen molar-refractivity contribution in [2.24, 2.45) is 11.3 Å². The Labute approximate surface area is 434 Å². The zero-order valence-corrected chi connectivity index (χ0v) is 42.2. The lowest BCUT2D eigenvalue weighted by atomic mass is 9.74. The van der Waals surface area contributed by atoms with Crippen LogP contribution in [0.2, 0.25) is 0 Å². The molecule has 0 spiro atoms. The minimum absolute atomic E-state index is 0.00553. The number of halogens is 3. The van der Waals surface area contributed by atoms with Gasteiger partial charge in [0.25, 0.3) is 5.91 Å². The monoisotopic (exact) mass is 1020 g/mol. The topological polar surface area (TPSA) is 163 Å². The van der Waals surface area contributed by atoms with E-state index in [4.69, 9.17) is 21.1 Å². The van der Waals surface area contributed by atoms with Gasteiger partial charge in [-0.15, -0.1) is 6.42 Å². The first-order valence-corrected chi connectivity index (χ1v) is 26.7. The third-order valence-electron chi connectivity index (χ3n) is 16.7. The lowest BCUT2D eigenvalue weighted by Gasteiger charge is -2.43. The van der Waals surface area contributed by atoms with Crippen molar-refractivity contribution in [3.05, 3.63) is 82.8 Å². The van der Waals surface area contributed by atoms with Gasteiger partial charge in [0.1, 0.15) is 28.7 Å². The summed E-state index contributed by atoms with van der Waals surface area (Å²) in [7, 11) is 0. The average molecular weight is 1020 g/mol. The number of hydrogen-bond acceptors (Lipinski definition) is 12. The van der Waals surface area contributed by atoms with Gasteiger partial charge in [-0.25, -0.2) is 18.0 Å². The smallest absolute Gasteiger partial charge is 0.328 e. The van der Waals surface area contributed by atoms with Gasteiger partial charge in [-0.3, -0.25) is 24.8 Å². The largest absolute Gasteiger partial charge is 0.463 e. The summed E-state index contributed by atoms with van der Waals surface area (Å²) in [6, 6.07) is 12.1. The van der Waals surface area contributed by atoms with Gasteiger partial charge in [0.15, 0.2) is 5.82 Å². The number of likely N-dealkylation sites (tertiary alicyclic amines) is 1. The number of nitriles is 1. The average Bonchev–Trinajstić information content (AvgIpc) is 3.77. The summed E-state index contributed by atoms with van der Waals surface area (Å²) in [5.41, 5.74) is 0.562. The molecule has 2 aromatic heterocycles. The molecule has 7 heterocycles. The van der Waals surface area contributed by atoms with E-state index in [2.05, 4.69) is 42.3 Å². The number of nitrogens with one attached hydrogen (secondary N) is 2. The number of hydrogen-bond donors (Lipinski definition) is 2. The second-order valence-corrected chi connectivity index (χ2v) is 21.6. The van der Waals surface area contributed by atoms with Crippen molar-refractivity contribution in [2.45, 2.75) is 89.1 Å². The molecule has 5 saturated heterocycles. The molecule has 390 valence electrons. The van der Waals surface area contributed by atoms with E-state index in [1.807, 2.05) is 4.90 Å². The fourth-order valence-corrected chi connectivity index (χ4v) is 12.7. The molecule has 1 aliphatic carbocycles. The second-order valence-electron chi connectivity index (χ2n) is 21.6. The Bertz CT molecular complexity index is 3110. The van der Waals surface area contributed by atoms with Gasteiger partial charge in [-0.2, -0.15) is 15.2 Å². The minimum Gasteiger partial charge on any atom is -0.463 e. The molecule has 4 amide bonds. The number of carbonyl (C=O) groups is 3. The van der Waals surface area contributed by atoms with Gasteiger partial charge in [0, 0.05) is 112 Å². The van der Waals surface area contributed by atoms with Crippen LogP contribution in [0.1, 0.15) is 98.5 Å². The molecule has 18 heteroatoms. The fraction of sp³-hybridized carbons (Fsp3) is 0.491. The number of piperidine rings is 1. The highest BCUT2D eigenvalue weighted by atomic mass is 19.1. The van der Waals surface area contributed by atoms with Gasteiger partial charge in [0.05, 0.1) is 34.9 Å². The summed E-state index contributed by atoms with van der Waals surface area (Å²) in [5.74, 6) is 0.947. The molecule has 6 fully saturated rings. The van der Waals surface area contributed by atoms with E-state index in [0.717, 1.165) is 103 Å². The van der Waals surface area contributed by atoms with Gasteiger partial charge in [0.2, 0.25) is 5.91 Å². The van der Waals surface area contributed by atoms with E-state index in [1.165, 1.54) is 47.7 Å². The van der Waals surface area contributed by atoms with E-state index in [-0.39, 0.29) is 76.0 Å². The van der Waals surface area contributed by atoms with Gasteiger partial charge >= 0.3 is 12.0 Å². The molecule has 3 aromatic carbocycles. The van der Waals surface area contributed by atoms with Crippen LogP contribution in [-0.2, 0) is 4.79 Å². The summed E-state index contributed by atoms with van der Waals surface area (Å²) in [6.07, 6.45) is 18.9. The molecule has 6 aliphatic rings. The van der Waals surface area contributed by atoms with Crippen LogP contribution < -0.4 is 25.2 Å². The summed E-state index contributed by atoms with van der Waals surface area (Å²) in [5, 5.41) is 17.1. The van der Waals surface area contributed by atoms with Crippen molar-refractivity contribution >= 4 is 51.0 Å². The summed E-state index contributed by atoms with van der Waals surface area (Å²) in [4.78, 5) is 62.3. The van der Waals surface area contributed by atoms with E-state index in [9.17, 15) is 24.0 Å². The number of terminal acetylenes is 1. The Morgan fingerprint density at radius 1 is 0.880 bits per heavy atom. The van der Waals surface area contributed by atoms with Crippen LogP contribution in [0.5, 0.6) is 6.01 Å². The predicted octanol–water partition coefficient (Wildman–Crippen LogP) is 7.78. The summed E-state index contributed by atoms with van der Waals surface area (Å²) < 4.78 is 54.1. The molecule has 11 rings (SSSR count). The Balaban J connectivity index is 0.728. The maximum absolute atomic E-state index is 17.4. The van der Waals surface area contributed by atoms with Crippen molar-refractivity contribution in [3.8, 4) is 35.7 Å². The highest BCUT2D eigenvalue weighted by Gasteiger charge is 2.38. The first kappa shape index (κ1) is 50.3. The predicted molar refractivity (Wildman–Crippen MR) is 279 cm³/mol. The third kappa shape index (κ3) is 10.4. The van der Waals surface area contributed by atoms with Crippen LogP contribution in [-0.4, -0.2) is 138 Å². The van der Waals surface area contributed by atoms with Gasteiger partial charge < -0.3 is 29.7 Å². The molecule has 0 radical (unpaired) electrons. The first-order valence-electron chi connectivity index (χ1n) is 26.7. The van der Waals surface area contributed by atoms with Crippen molar-refractivity contribution < 1.29 is 32.3 Å². The molecule has 75 heavy (non-hydrogen) atoms.